The first-order valence-corrected chi connectivity index (χ1v) is 3.50. The van der Waals surface area contributed by atoms with Gasteiger partial charge < -0.3 is 9.47 Å². The van der Waals surface area contributed by atoms with Gasteiger partial charge in [0.05, 0.1) is 19.6 Å². The maximum Gasteiger partial charge on any atom is 0.311 e. The van der Waals surface area contributed by atoms with E-state index in [0.717, 1.165) is 19.4 Å². The molecule has 0 N–H and O–H groups in total. The van der Waals surface area contributed by atoms with Crippen LogP contribution in [-0.4, -0.2) is 26.3 Å². The highest BCUT2D eigenvalue weighted by Crippen LogP contribution is 2.14. The van der Waals surface area contributed by atoms with Crippen molar-refractivity contribution in [3.8, 4) is 0 Å². The second kappa shape index (κ2) is 3.56. The van der Waals surface area contributed by atoms with Crippen molar-refractivity contribution in [2.45, 2.75) is 12.8 Å². The third-order valence-electron chi connectivity index (χ3n) is 1.69. The minimum atomic E-state index is -0.139. The van der Waals surface area contributed by atoms with Crippen molar-refractivity contribution in [1.82, 2.24) is 0 Å². The van der Waals surface area contributed by atoms with Crippen LogP contribution in [0.15, 0.2) is 0 Å². The van der Waals surface area contributed by atoms with Crippen LogP contribution in [0.5, 0.6) is 0 Å². The number of carbonyl (C=O) groups excluding carboxylic acids is 1. The van der Waals surface area contributed by atoms with Crippen molar-refractivity contribution in [3.05, 3.63) is 0 Å². The first-order chi connectivity index (χ1) is 4.84. The molecule has 0 saturated carbocycles. The van der Waals surface area contributed by atoms with Gasteiger partial charge in [0.25, 0.3) is 0 Å². The molecule has 0 spiro atoms. The predicted molar refractivity (Wildman–Crippen MR) is 35.6 cm³/mol. The molecule has 10 heavy (non-hydrogen) atoms. The van der Waals surface area contributed by atoms with E-state index in [2.05, 4.69) is 4.74 Å². The number of methoxy groups -OCH3 is 1. The average Bonchev–Trinajstić information content (AvgIpc) is 2.05. The van der Waals surface area contributed by atoms with Crippen molar-refractivity contribution in [3.63, 3.8) is 0 Å². The van der Waals surface area contributed by atoms with Gasteiger partial charge in [0.15, 0.2) is 0 Å². The summed E-state index contributed by atoms with van der Waals surface area (Å²) in [6.07, 6.45) is 1.88. The smallest absolute Gasteiger partial charge is 0.311 e. The number of rotatable bonds is 1. The normalized spacial score (nSPS) is 25.9. The average molecular weight is 144 g/mol. The highest BCUT2D eigenvalue weighted by molar-refractivity contribution is 5.72. The van der Waals surface area contributed by atoms with Gasteiger partial charge in [-0.15, -0.1) is 0 Å². The van der Waals surface area contributed by atoms with Gasteiger partial charge in [0.2, 0.25) is 0 Å². The summed E-state index contributed by atoms with van der Waals surface area (Å²) in [7, 11) is 1.41. The van der Waals surface area contributed by atoms with Crippen molar-refractivity contribution in [1.29, 1.82) is 0 Å². The number of esters is 1. The van der Waals surface area contributed by atoms with Crippen LogP contribution in [0.1, 0.15) is 12.8 Å². The quantitative estimate of drug-likeness (QED) is 0.505. The Labute approximate surface area is 60.3 Å². The zero-order valence-corrected chi connectivity index (χ0v) is 6.13. The Bertz CT molecular complexity index is 116. The Morgan fingerprint density at radius 2 is 2.50 bits per heavy atom. The van der Waals surface area contributed by atoms with Crippen LogP contribution in [0.4, 0.5) is 0 Å². The van der Waals surface area contributed by atoms with Crippen LogP contribution in [0.3, 0.4) is 0 Å². The molecule has 0 aromatic rings. The molecule has 1 fully saturated rings. The zero-order chi connectivity index (χ0) is 7.40. The van der Waals surface area contributed by atoms with Gasteiger partial charge in [-0.1, -0.05) is 0 Å². The lowest BCUT2D eigenvalue weighted by molar-refractivity contribution is -0.149. The molecular formula is C7H12O3. The zero-order valence-electron chi connectivity index (χ0n) is 6.13. The SMILES string of the molecule is COC(=O)[C@H]1CCCOC1. The fourth-order valence-electron chi connectivity index (χ4n) is 1.09. The van der Waals surface area contributed by atoms with Crippen LogP contribution in [-0.2, 0) is 14.3 Å². The van der Waals surface area contributed by atoms with E-state index in [9.17, 15) is 4.79 Å². The summed E-state index contributed by atoms with van der Waals surface area (Å²) in [6, 6.07) is 0. The van der Waals surface area contributed by atoms with Crippen molar-refractivity contribution in [2.24, 2.45) is 5.92 Å². The molecule has 1 atom stereocenters. The molecule has 3 nitrogen and oxygen atoms in total. The van der Waals surface area contributed by atoms with Crippen molar-refractivity contribution >= 4 is 5.97 Å². The molecule has 0 radical (unpaired) electrons. The molecule has 1 aliphatic rings. The molecule has 0 unspecified atom stereocenters. The van der Waals surface area contributed by atoms with Gasteiger partial charge in [0, 0.05) is 6.61 Å². The molecule has 3 heteroatoms. The summed E-state index contributed by atoms with van der Waals surface area (Å²) in [4.78, 5) is 10.9. The summed E-state index contributed by atoms with van der Waals surface area (Å²) < 4.78 is 9.67. The maximum atomic E-state index is 10.9. The van der Waals surface area contributed by atoms with E-state index >= 15 is 0 Å². The summed E-state index contributed by atoms with van der Waals surface area (Å²) in [5.74, 6) is -0.154. The van der Waals surface area contributed by atoms with Crippen LogP contribution >= 0.6 is 0 Å². The molecule has 0 amide bonds. The molecule has 0 aliphatic carbocycles. The van der Waals surface area contributed by atoms with Gasteiger partial charge in [-0.3, -0.25) is 4.79 Å². The van der Waals surface area contributed by atoms with E-state index in [0.29, 0.717) is 6.61 Å². The van der Waals surface area contributed by atoms with Gasteiger partial charge >= 0.3 is 5.97 Å². The van der Waals surface area contributed by atoms with Gasteiger partial charge in [-0.05, 0) is 12.8 Å². The van der Waals surface area contributed by atoms with E-state index in [1.807, 2.05) is 0 Å². The Hall–Kier alpha value is -0.570. The Kier molecular flexibility index (Phi) is 2.68. The third-order valence-corrected chi connectivity index (χ3v) is 1.69. The molecule has 1 saturated heterocycles. The van der Waals surface area contributed by atoms with E-state index in [4.69, 9.17) is 4.74 Å². The second-order valence-corrected chi connectivity index (χ2v) is 2.44. The van der Waals surface area contributed by atoms with E-state index in [1.54, 1.807) is 0 Å². The fraction of sp³-hybridized carbons (Fsp3) is 0.857. The summed E-state index contributed by atoms with van der Waals surface area (Å²) in [6.45, 7) is 1.32. The third kappa shape index (κ3) is 1.70. The van der Waals surface area contributed by atoms with Crippen LogP contribution < -0.4 is 0 Å². The largest absolute Gasteiger partial charge is 0.469 e. The number of carbonyl (C=O) groups is 1. The highest BCUT2D eigenvalue weighted by atomic mass is 16.5. The molecule has 0 aromatic carbocycles. The Morgan fingerprint density at radius 1 is 1.70 bits per heavy atom. The first-order valence-electron chi connectivity index (χ1n) is 3.50. The summed E-state index contributed by atoms with van der Waals surface area (Å²) >= 11 is 0. The molecular weight excluding hydrogens is 132 g/mol. The van der Waals surface area contributed by atoms with Crippen LogP contribution in [0.25, 0.3) is 0 Å². The summed E-state index contributed by atoms with van der Waals surface area (Å²) in [5, 5.41) is 0. The molecule has 58 valence electrons. The van der Waals surface area contributed by atoms with E-state index < -0.39 is 0 Å². The lowest BCUT2D eigenvalue weighted by atomic mass is 10.0. The van der Waals surface area contributed by atoms with Crippen molar-refractivity contribution in [2.75, 3.05) is 20.3 Å². The number of hydrogen-bond acceptors (Lipinski definition) is 3. The standard InChI is InChI=1S/C7H12O3/c1-9-7(8)6-3-2-4-10-5-6/h6H,2-5H2,1H3/t6-/m0/s1. The highest BCUT2D eigenvalue weighted by Gasteiger charge is 2.21. The molecule has 0 aromatic heterocycles. The fourth-order valence-corrected chi connectivity index (χ4v) is 1.09. The minimum Gasteiger partial charge on any atom is -0.469 e. The van der Waals surface area contributed by atoms with E-state index in [1.165, 1.54) is 7.11 Å². The predicted octanol–water partition coefficient (Wildman–Crippen LogP) is 0.586. The lowest BCUT2D eigenvalue weighted by Gasteiger charge is -2.19. The minimum absolute atomic E-state index is 0.0150. The Balaban J connectivity index is 2.31. The molecule has 1 rings (SSSR count). The summed E-state index contributed by atoms with van der Waals surface area (Å²) in [5.41, 5.74) is 0. The van der Waals surface area contributed by atoms with Crippen LogP contribution in [0, 0.1) is 5.92 Å². The maximum absolute atomic E-state index is 10.9. The second-order valence-electron chi connectivity index (χ2n) is 2.44. The number of ether oxygens (including phenoxy) is 2. The number of hydrogen-bond donors (Lipinski definition) is 0. The topological polar surface area (TPSA) is 35.5 Å². The van der Waals surface area contributed by atoms with Gasteiger partial charge in [0.1, 0.15) is 0 Å². The Morgan fingerprint density at radius 3 is 3.00 bits per heavy atom. The molecule has 0 bridgehead atoms. The van der Waals surface area contributed by atoms with Gasteiger partial charge in [-0.25, -0.2) is 0 Å². The monoisotopic (exact) mass is 144 g/mol. The van der Waals surface area contributed by atoms with Gasteiger partial charge in [-0.2, -0.15) is 0 Å². The molecule has 1 heterocycles. The lowest BCUT2D eigenvalue weighted by Crippen LogP contribution is -2.25. The van der Waals surface area contributed by atoms with E-state index in [-0.39, 0.29) is 11.9 Å². The van der Waals surface area contributed by atoms with Crippen molar-refractivity contribution < 1.29 is 14.3 Å². The van der Waals surface area contributed by atoms with Crippen LogP contribution in [0.2, 0.25) is 0 Å². The molecule has 1 aliphatic heterocycles. The first kappa shape index (κ1) is 7.54.